The molecule has 1 aliphatic rings. The average molecular weight is 850 g/mol. The van der Waals surface area contributed by atoms with Crippen LogP contribution < -0.4 is 5.32 Å². The van der Waals surface area contributed by atoms with E-state index in [2.05, 4.69) is 43.5 Å². The molecule has 9 N–H and O–H groups in total. The smallest absolute Gasteiger partial charge is 0.393 e. The third kappa shape index (κ3) is 26.2. The topological polar surface area (TPSA) is 226 Å². The maximum absolute atomic E-state index is 13.0. The Morgan fingerprint density at radius 1 is 0.603 bits per heavy atom. The van der Waals surface area contributed by atoms with E-state index in [9.17, 15) is 50.0 Å². The fourth-order valence-corrected chi connectivity index (χ4v) is 8.26. The number of carbonyl (C=O) groups excluding carboxylic acids is 1. The van der Waals surface area contributed by atoms with Gasteiger partial charge < -0.3 is 46.0 Å². The lowest BCUT2D eigenvalue weighted by Crippen LogP contribution is -2.64. The lowest BCUT2D eigenvalue weighted by Gasteiger charge is -2.41. The maximum atomic E-state index is 13.0. The van der Waals surface area contributed by atoms with Crippen molar-refractivity contribution in [2.45, 2.75) is 242 Å². The SMILES string of the molecule is CCCCC/C=C\C=C/CCCCCCCCCCC(O)CC(=O)NC(COP(=O)(O)OC1C(O)C(O)C(O)C(O)C1O)C(O)CCCCCCCCCCCCC. The molecule has 13 nitrogen and oxygen atoms in total. The van der Waals surface area contributed by atoms with Crippen LogP contribution in [0.25, 0.3) is 0 Å². The van der Waals surface area contributed by atoms with Crippen LogP contribution in [-0.4, -0.2) is 108 Å². The van der Waals surface area contributed by atoms with Gasteiger partial charge in [-0.15, -0.1) is 0 Å². The third-order valence-corrected chi connectivity index (χ3v) is 12.1. The van der Waals surface area contributed by atoms with Crippen molar-refractivity contribution in [3.63, 3.8) is 0 Å². The largest absolute Gasteiger partial charge is 0.472 e. The summed E-state index contributed by atoms with van der Waals surface area (Å²) in [4.78, 5) is 23.4. The van der Waals surface area contributed by atoms with Crippen LogP contribution in [0.1, 0.15) is 187 Å². The molecule has 342 valence electrons. The summed E-state index contributed by atoms with van der Waals surface area (Å²) < 4.78 is 22.9. The van der Waals surface area contributed by atoms with Crippen molar-refractivity contribution >= 4 is 13.7 Å². The van der Waals surface area contributed by atoms with Gasteiger partial charge in [-0.3, -0.25) is 13.8 Å². The molecule has 1 saturated carbocycles. The van der Waals surface area contributed by atoms with E-state index in [1.54, 1.807) is 0 Å². The van der Waals surface area contributed by atoms with Crippen molar-refractivity contribution in [1.82, 2.24) is 5.32 Å². The van der Waals surface area contributed by atoms with E-state index in [1.165, 1.54) is 83.5 Å². The van der Waals surface area contributed by atoms with Crippen molar-refractivity contribution in [2.75, 3.05) is 6.61 Å². The number of hydrogen-bond donors (Lipinski definition) is 9. The highest BCUT2D eigenvalue weighted by molar-refractivity contribution is 7.47. The number of nitrogens with one attached hydrogen (secondary N) is 1. The molecule has 8 atom stereocenters. The highest BCUT2D eigenvalue weighted by atomic mass is 31.2. The van der Waals surface area contributed by atoms with Gasteiger partial charge in [0, 0.05) is 0 Å². The number of unbranched alkanes of at least 4 members (excludes halogenated alkanes) is 21. The number of carbonyl (C=O) groups is 1. The van der Waals surface area contributed by atoms with Crippen LogP contribution in [0.2, 0.25) is 0 Å². The Morgan fingerprint density at radius 2 is 1.00 bits per heavy atom. The highest BCUT2D eigenvalue weighted by Gasteiger charge is 2.51. The maximum Gasteiger partial charge on any atom is 0.472 e. The van der Waals surface area contributed by atoms with Crippen LogP contribution in [0.4, 0.5) is 0 Å². The summed E-state index contributed by atoms with van der Waals surface area (Å²) in [6, 6.07) is -1.15. The van der Waals surface area contributed by atoms with Gasteiger partial charge in [0.2, 0.25) is 5.91 Å². The van der Waals surface area contributed by atoms with Gasteiger partial charge in [-0.1, -0.05) is 167 Å². The van der Waals surface area contributed by atoms with Crippen molar-refractivity contribution in [1.29, 1.82) is 0 Å². The number of allylic oxidation sites excluding steroid dienone is 4. The second-order valence-electron chi connectivity index (χ2n) is 16.5. The molecule has 0 heterocycles. The Kier molecular flexibility index (Phi) is 32.5. The Balaban J connectivity index is 2.50. The number of phosphoric ester groups is 1. The number of aliphatic hydroxyl groups is 7. The van der Waals surface area contributed by atoms with Gasteiger partial charge in [-0.05, 0) is 38.5 Å². The number of amides is 1. The first-order valence-electron chi connectivity index (χ1n) is 22.9. The molecule has 0 aromatic rings. The Bertz CT molecular complexity index is 1100. The minimum absolute atomic E-state index is 0.226. The predicted octanol–water partition coefficient (Wildman–Crippen LogP) is 7.20. The molecule has 1 aliphatic carbocycles. The summed E-state index contributed by atoms with van der Waals surface area (Å²) in [6.07, 6.45) is 22.3. The van der Waals surface area contributed by atoms with Crippen LogP contribution in [0.5, 0.6) is 0 Å². The fraction of sp³-hybridized carbons (Fsp3) is 0.886. The lowest BCUT2D eigenvalue weighted by atomic mass is 9.85. The van der Waals surface area contributed by atoms with Crippen LogP contribution in [0, 0.1) is 0 Å². The standard InChI is InChI=1S/C44H84NO12P/c1-3-5-7-9-11-13-15-16-17-18-19-20-22-23-25-27-29-31-35(46)33-38(48)45-36(37(47)32-30-28-26-24-21-14-12-10-8-6-4-2)34-56-58(54,55)57-44-42(52)40(50)39(49)41(51)43(44)53/h11,13,15-16,35-37,39-44,46-47,49-53H,3-10,12,14,17-34H2,1-2H3,(H,45,48)(H,54,55)/b13-11-,16-15-. The van der Waals surface area contributed by atoms with Gasteiger partial charge in [-0.2, -0.15) is 0 Å². The van der Waals surface area contributed by atoms with Gasteiger partial charge in [0.25, 0.3) is 0 Å². The van der Waals surface area contributed by atoms with Gasteiger partial charge in [-0.25, -0.2) is 4.57 Å². The van der Waals surface area contributed by atoms with E-state index in [-0.39, 0.29) is 12.8 Å². The summed E-state index contributed by atoms with van der Waals surface area (Å²) >= 11 is 0. The van der Waals surface area contributed by atoms with E-state index in [1.807, 2.05) is 0 Å². The second-order valence-corrected chi connectivity index (χ2v) is 17.9. The van der Waals surface area contributed by atoms with Gasteiger partial charge in [0.15, 0.2) is 0 Å². The minimum atomic E-state index is -5.11. The molecule has 14 heteroatoms. The van der Waals surface area contributed by atoms with Crippen molar-refractivity contribution in [2.24, 2.45) is 0 Å². The average Bonchev–Trinajstić information content (AvgIpc) is 3.19. The van der Waals surface area contributed by atoms with Crippen LogP contribution in [0.15, 0.2) is 24.3 Å². The molecule has 0 spiro atoms. The molecule has 0 bridgehead atoms. The molecule has 0 saturated heterocycles. The molecule has 1 amide bonds. The molecule has 1 fully saturated rings. The first-order valence-corrected chi connectivity index (χ1v) is 24.4. The molecule has 0 aromatic heterocycles. The quantitative estimate of drug-likeness (QED) is 0.0172. The van der Waals surface area contributed by atoms with Crippen LogP contribution in [-0.2, 0) is 18.4 Å². The molecule has 58 heavy (non-hydrogen) atoms. The van der Waals surface area contributed by atoms with Crippen molar-refractivity contribution in [3.8, 4) is 0 Å². The summed E-state index contributed by atoms with van der Waals surface area (Å²) in [7, 11) is -5.11. The number of hydrogen-bond acceptors (Lipinski definition) is 11. The first-order chi connectivity index (χ1) is 27.8. The van der Waals surface area contributed by atoms with Gasteiger partial charge in [0.1, 0.15) is 36.6 Å². The molecule has 0 aliphatic heterocycles. The van der Waals surface area contributed by atoms with Crippen molar-refractivity contribution < 1.29 is 59.0 Å². The van der Waals surface area contributed by atoms with Gasteiger partial charge >= 0.3 is 7.82 Å². The molecular formula is C44H84NO12P. The zero-order valence-corrected chi connectivity index (χ0v) is 36.9. The zero-order valence-electron chi connectivity index (χ0n) is 36.0. The Hall–Kier alpha value is -1.22. The Morgan fingerprint density at radius 3 is 1.50 bits per heavy atom. The van der Waals surface area contributed by atoms with E-state index < -0.39 is 75.2 Å². The normalized spacial score (nSPS) is 24.0. The predicted molar refractivity (Wildman–Crippen MR) is 229 cm³/mol. The summed E-state index contributed by atoms with van der Waals surface area (Å²) in [5.74, 6) is -0.566. The van der Waals surface area contributed by atoms with Crippen LogP contribution >= 0.6 is 7.82 Å². The first kappa shape index (κ1) is 54.8. The minimum Gasteiger partial charge on any atom is -0.393 e. The highest BCUT2D eigenvalue weighted by Crippen LogP contribution is 2.47. The third-order valence-electron chi connectivity index (χ3n) is 11.1. The van der Waals surface area contributed by atoms with E-state index >= 15 is 0 Å². The van der Waals surface area contributed by atoms with E-state index in [0.717, 1.165) is 64.2 Å². The lowest BCUT2D eigenvalue weighted by molar-refractivity contribution is -0.220. The zero-order chi connectivity index (χ0) is 43.0. The summed E-state index contributed by atoms with van der Waals surface area (Å²) in [5.41, 5.74) is 0. The molecular weight excluding hydrogens is 765 g/mol. The van der Waals surface area contributed by atoms with E-state index in [4.69, 9.17) is 9.05 Å². The van der Waals surface area contributed by atoms with Crippen molar-refractivity contribution in [3.05, 3.63) is 24.3 Å². The number of phosphoric acid groups is 1. The van der Waals surface area contributed by atoms with E-state index in [0.29, 0.717) is 12.8 Å². The molecule has 0 radical (unpaired) electrons. The monoisotopic (exact) mass is 850 g/mol. The summed E-state index contributed by atoms with van der Waals surface area (Å²) in [5, 5.41) is 74.5. The Labute approximate surface area is 350 Å². The number of aliphatic hydroxyl groups excluding tert-OH is 7. The summed E-state index contributed by atoms with van der Waals surface area (Å²) in [6.45, 7) is 3.73. The van der Waals surface area contributed by atoms with Crippen LogP contribution in [0.3, 0.4) is 0 Å². The second kappa shape index (κ2) is 34.4. The molecule has 8 unspecified atom stereocenters. The molecule has 0 aromatic carbocycles. The fourth-order valence-electron chi connectivity index (χ4n) is 7.29. The number of rotatable bonds is 37. The molecule has 1 rings (SSSR count). The van der Waals surface area contributed by atoms with Gasteiger partial charge in [0.05, 0.1) is 31.3 Å².